The van der Waals surface area contributed by atoms with Gasteiger partial charge in [-0.15, -0.1) is 0 Å². The quantitative estimate of drug-likeness (QED) is 0.198. The summed E-state index contributed by atoms with van der Waals surface area (Å²) < 4.78 is 16.8. The zero-order chi connectivity index (χ0) is 20.9. The lowest BCUT2D eigenvalue weighted by molar-refractivity contribution is 0.0734. The van der Waals surface area contributed by atoms with E-state index < -0.39 is 5.97 Å². The minimum Gasteiger partial charge on any atom is -0.494 e. The van der Waals surface area contributed by atoms with Crippen LogP contribution in [0.1, 0.15) is 69.2 Å². The van der Waals surface area contributed by atoms with Crippen LogP contribution in [-0.2, 0) is 0 Å². The van der Waals surface area contributed by atoms with E-state index in [0.717, 1.165) is 31.4 Å². The predicted molar refractivity (Wildman–Crippen MR) is 118 cm³/mol. The van der Waals surface area contributed by atoms with Crippen LogP contribution < -0.4 is 14.2 Å². The number of unbranched alkanes of at least 4 members (excludes halogenated alkanes) is 5. The van der Waals surface area contributed by atoms with Gasteiger partial charge in [-0.05, 0) is 55.3 Å². The highest BCUT2D eigenvalue weighted by atomic mass is 35.5. The van der Waals surface area contributed by atoms with Gasteiger partial charge in [0.2, 0.25) is 0 Å². The highest BCUT2D eigenvalue weighted by Gasteiger charge is 2.14. The molecule has 0 N–H and O–H groups in total. The van der Waals surface area contributed by atoms with Crippen LogP contribution in [0.5, 0.6) is 17.2 Å². The van der Waals surface area contributed by atoms with E-state index in [2.05, 4.69) is 13.8 Å². The third kappa shape index (κ3) is 8.36. The smallest absolute Gasteiger partial charge is 0.345 e. The summed E-state index contributed by atoms with van der Waals surface area (Å²) in [5.74, 6) is 1.37. The lowest BCUT2D eigenvalue weighted by Gasteiger charge is -2.10. The summed E-state index contributed by atoms with van der Waals surface area (Å²) in [6.07, 6.45) is 7.92. The fraction of sp³-hybridized carbons (Fsp3) is 0.458. The Kier molecular flexibility index (Phi) is 10.4. The molecule has 0 fully saturated rings. The molecule has 0 bridgehead atoms. The van der Waals surface area contributed by atoms with Gasteiger partial charge in [0.15, 0.2) is 0 Å². The van der Waals surface area contributed by atoms with E-state index in [9.17, 15) is 4.79 Å². The predicted octanol–water partition coefficient (Wildman–Crippen LogP) is 7.09. The van der Waals surface area contributed by atoms with Crippen LogP contribution in [0.25, 0.3) is 0 Å². The fourth-order valence-electron chi connectivity index (χ4n) is 2.78. The first-order chi connectivity index (χ1) is 14.1. The van der Waals surface area contributed by atoms with Gasteiger partial charge in [-0.3, -0.25) is 0 Å². The molecule has 0 radical (unpaired) electrons. The van der Waals surface area contributed by atoms with Crippen molar-refractivity contribution in [2.24, 2.45) is 0 Å². The average molecular weight is 419 g/mol. The Morgan fingerprint density at radius 3 is 1.97 bits per heavy atom. The first-order valence-electron chi connectivity index (χ1n) is 10.5. The highest BCUT2D eigenvalue weighted by molar-refractivity contribution is 6.33. The number of hydrogen-bond acceptors (Lipinski definition) is 4. The molecular weight excluding hydrogens is 388 g/mol. The van der Waals surface area contributed by atoms with Gasteiger partial charge in [-0.1, -0.05) is 57.6 Å². The Bertz CT molecular complexity index is 743. The topological polar surface area (TPSA) is 44.8 Å². The van der Waals surface area contributed by atoms with Gasteiger partial charge < -0.3 is 14.2 Å². The summed E-state index contributed by atoms with van der Waals surface area (Å²) in [7, 11) is 0. The van der Waals surface area contributed by atoms with Gasteiger partial charge in [0.25, 0.3) is 0 Å². The molecule has 2 rings (SSSR count). The number of benzene rings is 2. The second kappa shape index (κ2) is 13.1. The summed E-state index contributed by atoms with van der Waals surface area (Å²) in [6.45, 7) is 5.67. The second-order valence-corrected chi connectivity index (χ2v) is 7.37. The van der Waals surface area contributed by atoms with Gasteiger partial charge in [-0.2, -0.15) is 0 Å². The number of hydrogen-bond donors (Lipinski definition) is 0. The lowest BCUT2D eigenvalue weighted by Crippen LogP contribution is -2.09. The van der Waals surface area contributed by atoms with Crippen molar-refractivity contribution in [1.29, 1.82) is 0 Å². The van der Waals surface area contributed by atoms with Crippen molar-refractivity contribution in [2.75, 3.05) is 13.2 Å². The molecule has 0 amide bonds. The van der Waals surface area contributed by atoms with E-state index in [4.69, 9.17) is 25.8 Å². The number of halogens is 1. The van der Waals surface area contributed by atoms with Crippen LogP contribution in [0.2, 0.25) is 5.02 Å². The Labute approximate surface area is 179 Å². The Balaban J connectivity index is 1.84. The Hall–Kier alpha value is -2.20. The molecular formula is C24H31ClO4. The molecule has 29 heavy (non-hydrogen) atoms. The molecule has 158 valence electrons. The zero-order valence-corrected chi connectivity index (χ0v) is 18.2. The van der Waals surface area contributed by atoms with Gasteiger partial charge >= 0.3 is 5.97 Å². The minimum absolute atomic E-state index is 0.309. The van der Waals surface area contributed by atoms with Gasteiger partial charge in [0.05, 0.1) is 23.8 Å². The van der Waals surface area contributed by atoms with Crippen molar-refractivity contribution < 1.29 is 19.0 Å². The highest BCUT2D eigenvalue weighted by Crippen LogP contribution is 2.25. The molecule has 0 saturated heterocycles. The molecule has 2 aromatic rings. The SMILES string of the molecule is CCCCCCOc1ccc(OC(=O)c2ccc(OCCCCC)cc2Cl)cc1. The zero-order valence-electron chi connectivity index (χ0n) is 17.4. The largest absolute Gasteiger partial charge is 0.494 e. The van der Waals surface area contributed by atoms with Gasteiger partial charge in [0, 0.05) is 0 Å². The lowest BCUT2D eigenvalue weighted by atomic mass is 10.2. The van der Waals surface area contributed by atoms with Gasteiger partial charge in [-0.25, -0.2) is 4.79 Å². The minimum atomic E-state index is -0.499. The summed E-state index contributed by atoms with van der Waals surface area (Å²) in [5.41, 5.74) is 0.309. The van der Waals surface area contributed by atoms with Crippen molar-refractivity contribution >= 4 is 17.6 Å². The first kappa shape index (κ1) is 23.1. The van der Waals surface area contributed by atoms with Crippen LogP contribution in [0.15, 0.2) is 42.5 Å². The average Bonchev–Trinajstić information content (AvgIpc) is 2.72. The normalized spacial score (nSPS) is 10.6. The Morgan fingerprint density at radius 1 is 0.759 bits per heavy atom. The molecule has 0 aromatic heterocycles. The molecule has 0 aliphatic carbocycles. The first-order valence-corrected chi connectivity index (χ1v) is 10.9. The Morgan fingerprint density at radius 2 is 1.31 bits per heavy atom. The molecule has 4 nitrogen and oxygen atoms in total. The standard InChI is InChI=1S/C24H31ClO4/c1-3-5-7-9-17-27-19-10-12-20(13-11-19)29-24(26)22-15-14-21(18-23(22)25)28-16-8-6-4-2/h10-15,18H,3-9,16-17H2,1-2H3. The van der Waals surface area contributed by atoms with E-state index in [1.54, 1.807) is 42.5 Å². The van der Waals surface area contributed by atoms with Crippen LogP contribution in [0.4, 0.5) is 0 Å². The van der Waals surface area contributed by atoms with Crippen LogP contribution in [-0.4, -0.2) is 19.2 Å². The maximum absolute atomic E-state index is 12.4. The van der Waals surface area contributed by atoms with Crippen molar-refractivity contribution in [2.45, 2.75) is 58.8 Å². The molecule has 0 saturated carbocycles. The van der Waals surface area contributed by atoms with Gasteiger partial charge in [0.1, 0.15) is 17.2 Å². The third-order valence-corrected chi connectivity index (χ3v) is 4.79. The van der Waals surface area contributed by atoms with E-state index in [-0.39, 0.29) is 0 Å². The molecule has 0 atom stereocenters. The summed E-state index contributed by atoms with van der Waals surface area (Å²) >= 11 is 6.25. The van der Waals surface area contributed by atoms with E-state index in [1.165, 1.54) is 19.3 Å². The van der Waals surface area contributed by atoms with Crippen molar-refractivity contribution in [3.63, 3.8) is 0 Å². The monoisotopic (exact) mass is 418 g/mol. The van der Waals surface area contributed by atoms with Crippen LogP contribution in [0.3, 0.4) is 0 Å². The molecule has 0 heterocycles. The molecule has 0 spiro atoms. The third-order valence-electron chi connectivity index (χ3n) is 4.48. The molecule has 0 aliphatic heterocycles. The van der Waals surface area contributed by atoms with Crippen LogP contribution in [0, 0.1) is 0 Å². The van der Waals surface area contributed by atoms with E-state index >= 15 is 0 Å². The van der Waals surface area contributed by atoms with E-state index in [0.29, 0.717) is 35.3 Å². The summed E-state index contributed by atoms with van der Waals surface area (Å²) in [5, 5.41) is 0.315. The number of carbonyl (C=O) groups is 1. The molecule has 0 unspecified atom stereocenters. The van der Waals surface area contributed by atoms with Crippen molar-refractivity contribution in [1.82, 2.24) is 0 Å². The molecule has 0 aliphatic rings. The maximum atomic E-state index is 12.4. The number of carbonyl (C=O) groups excluding carboxylic acids is 1. The maximum Gasteiger partial charge on any atom is 0.345 e. The van der Waals surface area contributed by atoms with Crippen LogP contribution >= 0.6 is 11.6 Å². The summed E-state index contributed by atoms with van der Waals surface area (Å²) in [4.78, 5) is 12.4. The molecule has 2 aromatic carbocycles. The number of rotatable bonds is 13. The second-order valence-electron chi connectivity index (χ2n) is 6.97. The number of esters is 1. The van der Waals surface area contributed by atoms with Crippen molar-refractivity contribution in [3.05, 3.63) is 53.1 Å². The fourth-order valence-corrected chi connectivity index (χ4v) is 3.03. The molecule has 5 heteroatoms. The summed E-state index contributed by atoms with van der Waals surface area (Å²) in [6, 6.07) is 12.1. The van der Waals surface area contributed by atoms with E-state index in [1.807, 2.05) is 0 Å². The van der Waals surface area contributed by atoms with Crippen molar-refractivity contribution in [3.8, 4) is 17.2 Å². The number of ether oxygens (including phenoxy) is 3.